The van der Waals surface area contributed by atoms with Crippen molar-refractivity contribution in [2.24, 2.45) is 0 Å². The highest BCUT2D eigenvalue weighted by Gasteiger charge is 2.21. The summed E-state index contributed by atoms with van der Waals surface area (Å²) in [4.78, 5) is -1.14. The summed E-state index contributed by atoms with van der Waals surface area (Å²) in [5.41, 5.74) is 5.62. The Morgan fingerprint density at radius 2 is 1.57 bits per heavy atom. The van der Waals surface area contributed by atoms with Gasteiger partial charge < -0.3 is 10.8 Å². The number of hydrogen-bond acceptors (Lipinski definition) is 6. The number of nitrogen functional groups attached to an aromatic ring is 1. The lowest BCUT2D eigenvalue weighted by Crippen LogP contribution is -2.05. The lowest BCUT2D eigenvalue weighted by molar-refractivity contribution is 0.471. The summed E-state index contributed by atoms with van der Waals surface area (Å²) in [6.07, 6.45) is 0. The van der Waals surface area contributed by atoms with Gasteiger partial charge in [0.05, 0.1) is 9.79 Å². The van der Waals surface area contributed by atoms with Crippen LogP contribution in [0.25, 0.3) is 10.8 Å². The van der Waals surface area contributed by atoms with Crippen LogP contribution < -0.4 is 5.73 Å². The van der Waals surface area contributed by atoms with Crippen LogP contribution >= 0.6 is 0 Å². The summed E-state index contributed by atoms with van der Waals surface area (Å²) in [6.45, 7) is 1.33. The molecule has 0 aromatic heterocycles. The second-order valence-corrected chi connectivity index (χ2v) is 7.22. The molecule has 0 unspecified atom stereocenters. The molecule has 0 saturated heterocycles. The Kier molecular flexibility index (Phi) is 3.37. The van der Waals surface area contributed by atoms with Crippen molar-refractivity contribution in [3.63, 3.8) is 0 Å². The standard InChI is InChI=1S/C11H11NO7S2/c1-5-9(21(17,18)19)3-6-2-7(20(14,15)16)4-8(13)10(6)11(5)12/h2-4,13H,12H2,1H3,(H,14,15,16)(H,17,18,19). The zero-order chi connectivity index (χ0) is 16.2. The Labute approximate surface area is 120 Å². The van der Waals surface area contributed by atoms with E-state index in [1.165, 1.54) is 6.92 Å². The molecule has 2 aromatic carbocycles. The minimum absolute atomic E-state index is 0.0138. The van der Waals surface area contributed by atoms with Gasteiger partial charge in [0.25, 0.3) is 20.2 Å². The van der Waals surface area contributed by atoms with E-state index in [-0.39, 0.29) is 22.0 Å². The van der Waals surface area contributed by atoms with E-state index in [0.717, 1.165) is 18.2 Å². The summed E-state index contributed by atoms with van der Waals surface area (Å²) in [5, 5.41) is 9.81. The number of anilines is 1. The van der Waals surface area contributed by atoms with E-state index in [0.29, 0.717) is 0 Å². The van der Waals surface area contributed by atoms with Crippen molar-refractivity contribution in [1.82, 2.24) is 0 Å². The Bertz CT molecular complexity index is 962. The average molecular weight is 333 g/mol. The lowest BCUT2D eigenvalue weighted by atomic mass is 10.0. The first kappa shape index (κ1) is 15.5. The van der Waals surface area contributed by atoms with Gasteiger partial charge in [0.2, 0.25) is 0 Å². The van der Waals surface area contributed by atoms with Crippen LogP contribution in [0.1, 0.15) is 5.56 Å². The molecular weight excluding hydrogens is 322 g/mol. The highest BCUT2D eigenvalue weighted by atomic mass is 32.2. The number of phenolic OH excluding ortho intramolecular Hbond substituents is 1. The molecule has 0 fully saturated rings. The van der Waals surface area contributed by atoms with Crippen LogP contribution in [0.2, 0.25) is 0 Å². The van der Waals surface area contributed by atoms with Crippen molar-refractivity contribution in [3.8, 4) is 5.75 Å². The summed E-state index contributed by atoms with van der Waals surface area (Å²) in [5.74, 6) is -0.539. The van der Waals surface area contributed by atoms with Crippen LogP contribution in [0.3, 0.4) is 0 Å². The molecule has 0 atom stereocenters. The van der Waals surface area contributed by atoms with Crippen LogP contribution in [0.5, 0.6) is 5.75 Å². The molecular formula is C11H11NO7S2. The van der Waals surface area contributed by atoms with Gasteiger partial charge in [-0.1, -0.05) is 0 Å². The first-order valence-corrected chi connectivity index (χ1v) is 8.31. The third-order valence-electron chi connectivity index (χ3n) is 3.03. The van der Waals surface area contributed by atoms with E-state index in [4.69, 9.17) is 14.8 Å². The number of rotatable bonds is 2. The monoisotopic (exact) mass is 333 g/mol. The van der Waals surface area contributed by atoms with E-state index in [9.17, 15) is 21.9 Å². The molecule has 0 aliphatic rings. The van der Waals surface area contributed by atoms with Gasteiger partial charge in [0.1, 0.15) is 5.75 Å². The maximum Gasteiger partial charge on any atom is 0.294 e. The fourth-order valence-electron chi connectivity index (χ4n) is 2.02. The quantitative estimate of drug-likeness (QED) is 0.467. The number of hydrogen-bond donors (Lipinski definition) is 4. The third kappa shape index (κ3) is 2.65. The summed E-state index contributed by atoms with van der Waals surface area (Å²) in [7, 11) is -9.18. The van der Waals surface area contributed by atoms with Crippen molar-refractivity contribution in [1.29, 1.82) is 0 Å². The normalized spacial score (nSPS) is 12.7. The van der Waals surface area contributed by atoms with Gasteiger partial charge in [0.15, 0.2) is 0 Å². The minimum Gasteiger partial charge on any atom is -0.507 e. The average Bonchev–Trinajstić information content (AvgIpc) is 2.30. The number of nitrogens with two attached hydrogens (primary N) is 1. The van der Waals surface area contributed by atoms with E-state index in [2.05, 4.69) is 0 Å². The van der Waals surface area contributed by atoms with Crippen molar-refractivity contribution in [2.75, 3.05) is 5.73 Å². The Morgan fingerprint density at radius 3 is 2.05 bits per heavy atom. The predicted octanol–water partition coefficient (Wildman–Crippen LogP) is 0.929. The molecule has 2 aromatic rings. The van der Waals surface area contributed by atoms with E-state index < -0.39 is 35.8 Å². The number of aromatic hydroxyl groups is 1. The van der Waals surface area contributed by atoms with Gasteiger partial charge in [-0.3, -0.25) is 9.11 Å². The Balaban J connectivity index is 3.03. The molecule has 0 heterocycles. The highest BCUT2D eigenvalue weighted by molar-refractivity contribution is 7.86. The Morgan fingerprint density at radius 1 is 1.00 bits per heavy atom. The first-order valence-electron chi connectivity index (χ1n) is 5.43. The minimum atomic E-state index is -4.60. The highest BCUT2D eigenvalue weighted by Crippen LogP contribution is 2.37. The van der Waals surface area contributed by atoms with Gasteiger partial charge in [0, 0.05) is 17.1 Å². The zero-order valence-corrected chi connectivity index (χ0v) is 12.2. The van der Waals surface area contributed by atoms with Crippen LogP contribution in [0.4, 0.5) is 5.69 Å². The van der Waals surface area contributed by atoms with Gasteiger partial charge >= 0.3 is 0 Å². The van der Waals surface area contributed by atoms with Crippen molar-refractivity contribution in [2.45, 2.75) is 16.7 Å². The fourth-order valence-corrected chi connectivity index (χ4v) is 3.33. The smallest absolute Gasteiger partial charge is 0.294 e. The molecule has 10 heteroatoms. The van der Waals surface area contributed by atoms with Crippen LogP contribution in [-0.2, 0) is 20.2 Å². The summed E-state index contributed by atoms with van der Waals surface area (Å²) < 4.78 is 62.9. The molecule has 0 aliphatic heterocycles. The molecule has 0 radical (unpaired) electrons. The summed E-state index contributed by atoms with van der Waals surface area (Å²) in [6, 6.07) is 2.69. The fraction of sp³-hybridized carbons (Fsp3) is 0.0909. The Hall–Kier alpha value is -1.88. The maximum absolute atomic E-state index is 11.3. The second-order valence-electron chi connectivity index (χ2n) is 4.40. The lowest BCUT2D eigenvalue weighted by Gasteiger charge is -2.12. The SMILES string of the molecule is Cc1c(S(=O)(=O)O)cc2cc(S(=O)(=O)O)cc(O)c2c1N. The second kappa shape index (κ2) is 4.56. The molecule has 8 nitrogen and oxygen atoms in total. The zero-order valence-electron chi connectivity index (χ0n) is 10.6. The topological polar surface area (TPSA) is 155 Å². The van der Waals surface area contributed by atoms with Crippen LogP contribution in [0, 0.1) is 6.92 Å². The number of phenols is 1. The van der Waals surface area contributed by atoms with Crippen LogP contribution in [-0.4, -0.2) is 31.0 Å². The molecule has 0 bridgehead atoms. The number of fused-ring (bicyclic) bond motifs is 1. The molecule has 2 rings (SSSR count). The largest absolute Gasteiger partial charge is 0.507 e. The van der Waals surface area contributed by atoms with Crippen molar-refractivity contribution in [3.05, 3.63) is 23.8 Å². The van der Waals surface area contributed by atoms with Gasteiger partial charge in [-0.25, -0.2) is 0 Å². The maximum atomic E-state index is 11.3. The van der Waals surface area contributed by atoms with Gasteiger partial charge in [-0.05, 0) is 30.0 Å². The molecule has 0 aliphatic carbocycles. The van der Waals surface area contributed by atoms with Crippen molar-refractivity contribution >= 4 is 36.7 Å². The number of benzene rings is 2. The summed E-state index contributed by atoms with van der Waals surface area (Å²) >= 11 is 0. The van der Waals surface area contributed by atoms with Crippen molar-refractivity contribution < 1.29 is 31.0 Å². The van der Waals surface area contributed by atoms with E-state index >= 15 is 0 Å². The predicted molar refractivity (Wildman–Crippen MR) is 74.4 cm³/mol. The van der Waals surface area contributed by atoms with E-state index in [1.54, 1.807) is 0 Å². The van der Waals surface area contributed by atoms with E-state index in [1.807, 2.05) is 0 Å². The van der Waals surface area contributed by atoms with Gasteiger partial charge in [-0.15, -0.1) is 0 Å². The van der Waals surface area contributed by atoms with Crippen LogP contribution in [0.15, 0.2) is 28.0 Å². The molecule has 0 amide bonds. The molecule has 5 N–H and O–H groups in total. The molecule has 114 valence electrons. The molecule has 0 spiro atoms. The third-order valence-corrected chi connectivity index (χ3v) is 4.84. The van der Waals surface area contributed by atoms with Gasteiger partial charge in [-0.2, -0.15) is 16.8 Å². The molecule has 21 heavy (non-hydrogen) atoms. The first-order chi connectivity index (χ1) is 9.43. The molecule has 0 saturated carbocycles.